The average molecular weight is 389 g/mol. The van der Waals surface area contributed by atoms with Crippen molar-refractivity contribution in [3.63, 3.8) is 0 Å². The third-order valence-corrected chi connectivity index (χ3v) is 5.41. The first-order chi connectivity index (χ1) is 13.3. The van der Waals surface area contributed by atoms with Gasteiger partial charge in [0.25, 0.3) is 11.6 Å². The summed E-state index contributed by atoms with van der Waals surface area (Å²) in [5.41, 5.74) is -0.754. The molecule has 2 amide bonds. The molecule has 3 rings (SSSR count). The van der Waals surface area contributed by atoms with Gasteiger partial charge in [0.2, 0.25) is 5.91 Å². The lowest BCUT2D eigenvalue weighted by molar-refractivity contribution is -0.384. The third kappa shape index (κ3) is 4.01. The second kappa shape index (κ2) is 8.26. The predicted molar refractivity (Wildman–Crippen MR) is 103 cm³/mol. The van der Waals surface area contributed by atoms with E-state index >= 15 is 0 Å². The molecule has 1 saturated carbocycles. The lowest BCUT2D eigenvalue weighted by Gasteiger charge is -2.41. The maximum Gasteiger partial charge on any atom is 0.270 e. The zero-order valence-electron chi connectivity index (χ0n) is 16.3. The Morgan fingerprint density at radius 3 is 2.68 bits per heavy atom. The highest BCUT2D eigenvalue weighted by atomic mass is 16.6. The van der Waals surface area contributed by atoms with E-state index in [0.717, 1.165) is 19.3 Å². The first-order valence-corrected chi connectivity index (χ1v) is 9.84. The van der Waals surface area contributed by atoms with Gasteiger partial charge in [0, 0.05) is 24.2 Å². The summed E-state index contributed by atoms with van der Waals surface area (Å²) >= 11 is 0. The molecule has 1 aromatic rings. The van der Waals surface area contributed by atoms with Crippen LogP contribution in [0.15, 0.2) is 24.3 Å². The van der Waals surface area contributed by atoms with Gasteiger partial charge in [-0.25, -0.2) is 0 Å². The number of carbonyl (C=O) groups is 2. The highest BCUT2D eigenvalue weighted by Crippen LogP contribution is 2.41. The van der Waals surface area contributed by atoms with Crippen molar-refractivity contribution in [1.82, 2.24) is 10.2 Å². The normalized spacial score (nSPS) is 21.1. The van der Waals surface area contributed by atoms with Gasteiger partial charge in [0.05, 0.1) is 11.5 Å². The van der Waals surface area contributed by atoms with Gasteiger partial charge in [-0.05, 0) is 37.7 Å². The van der Waals surface area contributed by atoms with E-state index in [1.54, 1.807) is 11.0 Å². The van der Waals surface area contributed by atoms with Crippen molar-refractivity contribution >= 4 is 17.5 Å². The summed E-state index contributed by atoms with van der Waals surface area (Å²) in [6.07, 6.45) is 4.23. The largest absolute Gasteiger partial charge is 0.354 e. The van der Waals surface area contributed by atoms with Crippen LogP contribution in [0.3, 0.4) is 0 Å². The van der Waals surface area contributed by atoms with Crippen LogP contribution in [-0.4, -0.2) is 46.6 Å². The molecule has 1 saturated heterocycles. The molecule has 1 aliphatic carbocycles. The van der Waals surface area contributed by atoms with Crippen LogP contribution in [0.5, 0.6) is 0 Å². The highest BCUT2D eigenvalue weighted by molar-refractivity contribution is 5.99. The number of carbonyl (C=O) groups excluding carboxylic acids is 2. The van der Waals surface area contributed by atoms with E-state index in [9.17, 15) is 19.7 Å². The van der Waals surface area contributed by atoms with Crippen LogP contribution in [0, 0.1) is 16.0 Å². The summed E-state index contributed by atoms with van der Waals surface area (Å²) in [5, 5.41) is 14.0. The van der Waals surface area contributed by atoms with E-state index in [4.69, 9.17) is 4.74 Å². The summed E-state index contributed by atoms with van der Waals surface area (Å²) in [7, 11) is 0. The number of amides is 2. The number of nitrogens with one attached hydrogen (secondary N) is 1. The minimum atomic E-state index is -0.806. The molecule has 0 aromatic heterocycles. The molecule has 1 spiro atoms. The monoisotopic (exact) mass is 389 g/mol. The molecule has 0 radical (unpaired) electrons. The first kappa shape index (κ1) is 20.3. The van der Waals surface area contributed by atoms with Gasteiger partial charge in [-0.2, -0.15) is 0 Å². The number of non-ortho nitro benzene ring substituents is 1. The van der Waals surface area contributed by atoms with E-state index in [2.05, 4.69) is 5.32 Å². The molecule has 28 heavy (non-hydrogen) atoms. The van der Waals surface area contributed by atoms with Crippen LogP contribution in [0.2, 0.25) is 0 Å². The van der Waals surface area contributed by atoms with Gasteiger partial charge < -0.3 is 10.1 Å². The van der Waals surface area contributed by atoms with Gasteiger partial charge in [0.1, 0.15) is 11.8 Å². The molecule has 1 unspecified atom stereocenters. The maximum absolute atomic E-state index is 13.4. The van der Waals surface area contributed by atoms with Crippen LogP contribution in [-0.2, 0) is 9.53 Å². The van der Waals surface area contributed by atoms with Gasteiger partial charge in [-0.1, -0.05) is 26.3 Å². The average Bonchev–Trinajstić information content (AvgIpc) is 3.04. The number of nitrogens with zero attached hydrogens (tertiary/aromatic N) is 2. The minimum Gasteiger partial charge on any atom is -0.354 e. The van der Waals surface area contributed by atoms with Crippen LogP contribution in [0.25, 0.3) is 0 Å². The zero-order valence-corrected chi connectivity index (χ0v) is 16.3. The molecule has 2 aliphatic rings. The van der Waals surface area contributed by atoms with Crippen molar-refractivity contribution in [2.45, 2.75) is 57.7 Å². The fraction of sp³-hybridized carbons (Fsp3) is 0.600. The van der Waals surface area contributed by atoms with E-state index in [0.29, 0.717) is 19.4 Å². The van der Waals surface area contributed by atoms with E-state index in [1.165, 1.54) is 18.2 Å². The fourth-order valence-corrected chi connectivity index (χ4v) is 3.99. The van der Waals surface area contributed by atoms with E-state index < -0.39 is 22.6 Å². The molecule has 1 heterocycles. The Bertz CT molecular complexity index is 758. The Morgan fingerprint density at radius 2 is 2.04 bits per heavy atom. The molecule has 1 N–H and O–H groups in total. The molecule has 8 heteroatoms. The predicted octanol–water partition coefficient (Wildman–Crippen LogP) is 2.87. The summed E-state index contributed by atoms with van der Waals surface area (Å²) in [4.78, 5) is 38.3. The lowest BCUT2D eigenvalue weighted by Crippen LogP contribution is -2.56. The van der Waals surface area contributed by atoms with Crippen molar-refractivity contribution in [3.8, 4) is 0 Å². The molecule has 0 bridgehead atoms. The number of nitro groups is 1. The first-order valence-electron chi connectivity index (χ1n) is 9.84. The fourth-order valence-electron chi connectivity index (χ4n) is 3.99. The Morgan fingerprint density at radius 1 is 1.32 bits per heavy atom. The number of nitro benzene ring substituents is 1. The van der Waals surface area contributed by atoms with Crippen molar-refractivity contribution < 1.29 is 19.2 Å². The van der Waals surface area contributed by atoms with Gasteiger partial charge in [-0.15, -0.1) is 0 Å². The second-order valence-corrected chi connectivity index (χ2v) is 7.96. The Labute approximate surface area is 164 Å². The molecule has 152 valence electrons. The number of benzene rings is 1. The van der Waals surface area contributed by atoms with Crippen LogP contribution in [0.4, 0.5) is 5.69 Å². The molecule has 2 fully saturated rings. The smallest absolute Gasteiger partial charge is 0.270 e. The summed E-state index contributed by atoms with van der Waals surface area (Å²) in [5.74, 6) is -0.349. The number of ether oxygens (including phenoxy) is 1. The summed E-state index contributed by atoms with van der Waals surface area (Å²) in [6, 6.07) is 4.92. The SMILES string of the molecule is CC(C)CNC(=O)C1COC2(CCCCC2)N1C(=O)c1cccc([N+](=O)[O-])c1. The molecular formula is C20H27N3O5. The topological polar surface area (TPSA) is 102 Å². The second-order valence-electron chi connectivity index (χ2n) is 7.96. The van der Waals surface area contributed by atoms with E-state index in [1.807, 2.05) is 13.8 Å². The molecule has 1 aliphatic heterocycles. The summed E-state index contributed by atoms with van der Waals surface area (Å²) < 4.78 is 6.07. The van der Waals surface area contributed by atoms with Crippen molar-refractivity contribution in [1.29, 1.82) is 0 Å². The van der Waals surface area contributed by atoms with Gasteiger partial charge in [0.15, 0.2) is 0 Å². The Balaban J connectivity index is 1.92. The quantitative estimate of drug-likeness (QED) is 0.616. The number of hydrogen-bond acceptors (Lipinski definition) is 5. The summed E-state index contributed by atoms with van der Waals surface area (Å²) in [6.45, 7) is 4.66. The minimum absolute atomic E-state index is 0.143. The molecular weight excluding hydrogens is 362 g/mol. The Kier molecular flexibility index (Phi) is 5.98. The number of hydrogen-bond donors (Lipinski definition) is 1. The van der Waals surface area contributed by atoms with Gasteiger partial charge in [-0.3, -0.25) is 24.6 Å². The molecule has 1 aromatic carbocycles. The van der Waals surface area contributed by atoms with Gasteiger partial charge >= 0.3 is 0 Å². The molecule has 1 atom stereocenters. The maximum atomic E-state index is 13.4. The number of rotatable bonds is 5. The standard InChI is InChI=1S/C20H27N3O5/c1-14(2)12-21-18(24)17-13-28-20(9-4-3-5-10-20)22(17)19(25)15-7-6-8-16(11-15)23(26)27/h6-8,11,14,17H,3-5,9-10,12-13H2,1-2H3,(H,21,24). The Hall–Kier alpha value is -2.48. The lowest BCUT2D eigenvalue weighted by atomic mass is 9.89. The van der Waals surface area contributed by atoms with Crippen molar-refractivity contribution in [2.24, 2.45) is 5.92 Å². The van der Waals surface area contributed by atoms with E-state index in [-0.39, 0.29) is 29.7 Å². The van der Waals surface area contributed by atoms with Crippen LogP contribution < -0.4 is 5.32 Å². The third-order valence-electron chi connectivity index (χ3n) is 5.41. The zero-order chi connectivity index (χ0) is 20.3. The highest BCUT2D eigenvalue weighted by Gasteiger charge is 2.53. The van der Waals surface area contributed by atoms with Crippen molar-refractivity contribution in [2.75, 3.05) is 13.2 Å². The van der Waals surface area contributed by atoms with Crippen LogP contribution >= 0.6 is 0 Å². The van der Waals surface area contributed by atoms with Crippen LogP contribution in [0.1, 0.15) is 56.3 Å². The molecule has 8 nitrogen and oxygen atoms in total. The van der Waals surface area contributed by atoms with Crippen molar-refractivity contribution in [3.05, 3.63) is 39.9 Å².